The zero-order valence-electron chi connectivity index (χ0n) is 21.9. The molecule has 0 bridgehead atoms. The quantitative estimate of drug-likeness (QED) is 0.275. The van der Waals surface area contributed by atoms with Crippen molar-refractivity contribution in [1.29, 1.82) is 0 Å². The molecule has 5 heteroatoms. The van der Waals surface area contributed by atoms with Crippen LogP contribution in [-0.4, -0.2) is 15.3 Å². The number of halogens is 2. The number of nitrogens with zero attached hydrogens (tertiary/aromatic N) is 2. The monoisotopic (exact) mass is 506 g/mol. The molecule has 2 aliphatic rings. The molecule has 0 spiro atoms. The molecule has 0 aliphatic heterocycles. The van der Waals surface area contributed by atoms with Crippen molar-refractivity contribution in [2.75, 3.05) is 0 Å². The SMILES string of the molecule is O=C(CCCC1CCCCC1)CC1CCC(Cc2cccc(-c3nc4ccccc4n3C(F)F)c2)CC1. The molecule has 5 rings (SSSR count). The third-order valence-electron chi connectivity index (χ3n) is 8.78. The van der Waals surface area contributed by atoms with Crippen LogP contribution >= 0.6 is 0 Å². The third-order valence-corrected chi connectivity index (χ3v) is 8.78. The van der Waals surface area contributed by atoms with Gasteiger partial charge in [0, 0.05) is 18.4 Å². The Kier molecular flexibility index (Phi) is 8.68. The largest absolute Gasteiger partial charge is 0.320 e. The van der Waals surface area contributed by atoms with Crippen molar-refractivity contribution in [1.82, 2.24) is 9.55 Å². The first-order valence-corrected chi connectivity index (χ1v) is 14.4. The van der Waals surface area contributed by atoms with E-state index in [1.54, 1.807) is 18.2 Å². The van der Waals surface area contributed by atoms with Gasteiger partial charge in [0.25, 0.3) is 0 Å². The van der Waals surface area contributed by atoms with Gasteiger partial charge in [0.1, 0.15) is 11.6 Å². The van der Waals surface area contributed by atoms with E-state index in [0.717, 1.165) is 67.4 Å². The number of Topliss-reactive ketones (excluding diaryl/α,β-unsaturated/α-hetero) is 1. The molecule has 3 aromatic rings. The third kappa shape index (κ3) is 6.66. The highest BCUT2D eigenvalue weighted by Crippen LogP contribution is 2.35. The van der Waals surface area contributed by atoms with Crippen LogP contribution in [-0.2, 0) is 11.2 Å². The lowest BCUT2D eigenvalue weighted by atomic mass is 9.77. The van der Waals surface area contributed by atoms with Crippen LogP contribution in [0.2, 0.25) is 0 Å². The molecule has 0 N–H and O–H groups in total. The highest BCUT2D eigenvalue weighted by Gasteiger charge is 2.24. The lowest BCUT2D eigenvalue weighted by molar-refractivity contribution is -0.120. The molecule has 2 aliphatic carbocycles. The fraction of sp³-hybridized carbons (Fsp3) is 0.562. The van der Waals surface area contributed by atoms with Gasteiger partial charge in [-0.1, -0.05) is 68.9 Å². The fourth-order valence-electron chi connectivity index (χ4n) is 6.74. The average Bonchev–Trinajstić information content (AvgIpc) is 3.31. The van der Waals surface area contributed by atoms with Gasteiger partial charge in [0.2, 0.25) is 0 Å². The standard InChI is InChI=1S/C32H40F2N2O/c33-32(34)36-30-15-5-4-14-29(30)35-31(36)27-12-6-11-26(21-27)20-24-16-18-25(19-17-24)22-28(37)13-7-10-23-8-2-1-3-9-23/h4-6,11-12,14-15,21,23-25,32H,1-3,7-10,13,16-20,22H2. The minimum Gasteiger partial charge on any atom is -0.300 e. The number of imidazole rings is 1. The Morgan fingerprint density at radius 1 is 0.892 bits per heavy atom. The molecule has 0 radical (unpaired) electrons. The number of para-hydroxylation sites is 2. The molecule has 2 fully saturated rings. The van der Waals surface area contributed by atoms with E-state index in [9.17, 15) is 13.6 Å². The summed E-state index contributed by atoms with van der Waals surface area (Å²) in [6.45, 7) is -2.64. The van der Waals surface area contributed by atoms with Crippen molar-refractivity contribution in [2.45, 2.75) is 96.4 Å². The first-order valence-electron chi connectivity index (χ1n) is 14.4. The number of ketones is 1. The minimum absolute atomic E-state index is 0.323. The van der Waals surface area contributed by atoms with Crippen LogP contribution in [0.25, 0.3) is 22.4 Å². The van der Waals surface area contributed by atoms with Crippen LogP contribution in [0.5, 0.6) is 0 Å². The van der Waals surface area contributed by atoms with Gasteiger partial charge in [-0.2, -0.15) is 8.78 Å². The van der Waals surface area contributed by atoms with Gasteiger partial charge < -0.3 is 0 Å². The van der Waals surface area contributed by atoms with Crippen LogP contribution in [0.15, 0.2) is 48.5 Å². The maximum Gasteiger partial charge on any atom is 0.320 e. The lowest BCUT2D eigenvalue weighted by Gasteiger charge is -2.28. The molecule has 2 aromatic carbocycles. The number of alkyl halides is 2. The highest BCUT2D eigenvalue weighted by molar-refractivity contribution is 5.81. The van der Waals surface area contributed by atoms with Crippen molar-refractivity contribution in [3.05, 3.63) is 54.1 Å². The first-order chi connectivity index (χ1) is 18.1. The van der Waals surface area contributed by atoms with Gasteiger partial charge in [0.05, 0.1) is 11.0 Å². The van der Waals surface area contributed by atoms with Gasteiger partial charge in [-0.25, -0.2) is 4.98 Å². The molecule has 2 saturated carbocycles. The summed E-state index contributed by atoms with van der Waals surface area (Å²) < 4.78 is 28.9. The maximum atomic E-state index is 13.9. The van der Waals surface area contributed by atoms with Crippen molar-refractivity contribution in [3.8, 4) is 11.4 Å². The van der Waals surface area contributed by atoms with Crippen LogP contribution in [0, 0.1) is 17.8 Å². The smallest absolute Gasteiger partial charge is 0.300 e. The predicted molar refractivity (Wildman–Crippen MR) is 146 cm³/mol. The molecule has 1 heterocycles. The summed E-state index contributed by atoms with van der Waals surface area (Å²) in [4.78, 5) is 17.1. The van der Waals surface area contributed by atoms with Gasteiger partial charge >= 0.3 is 6.55 Å². The summed E-state index contributed by atoms with van der Waals surface area (Å²) in [5.41, 5.74) is 2.96. The number of fused-ring (bicyclic) bond motifs is 1. The lowest BCUT2D eigenvalue weighted by Crippen LogP contribution is -2.19. The Morgan fingerprint density at radius 3 is 2.43 bits per heavy atom. The highest BCUT2D eigenvalue weighted by atomic mass is 19.3. The Hall–Kier alpha value is -2.56. The minimum atomic E-state index is -2.64. The van der Waals surface area contributed by atoms with E-state index in [1.807, 2.05) is 24.3 Å². The number of aromatic nitrogens is 2. The van der Waals surface area contributed by atoms with Crippen LogP contribution < -0.4 is 0 Å². The van der Waals surface area contributed by atoms with Crippen molar-refractivity contribution in [3.63, 3.8) is 0 Å². The number of rotatable bonds is 10. The van der Waals surface area contributed by atoms with E-state index in [-0.39, 0.29) is 0 Å². The summed E-state index contributed by atoms with van der Waals surface area (Å²) in [5, 5.41) is 0. The number of hydrogen-bond acceptors (Lipinski definition) is 2. The number of hydrogen-bond donors (Lipinski definition) is 0. The zero-order valence-corrected chi connectivity index (χ0v) is 21.9. The van der Waals surface area contributed by atoms with Gasteiger partial charge in [-0.3, -0.25) is 9.36 Å². The summed E-state index contributed by atoms with van der Waals surface area (Å²) in [6.07, 6.45) is 16.2. The van der Waals surface area contributed by atoms with E-state index in [4.69, 9.17) is 0 Å². The Morgan fingerprint density at radius 2 is 1.65 bits per heavy atom. The summed E-state index contributed by atoms with van der Waals surface area (Å²) in [5.74, 6) is 2.78. The second-order valence-electron chi connectivity index (χ2n) is 11.5. The first kappa shape index (κ1) is 26.1. The molecule has 0 atom stereocenters. The summed E-state index contributed by atoms with van der Waals surface area (Å²) in [7, 11) is 0. The predicted octanol–water partition coefficient (Wildman–Crippen LogP) is 9.16. The van der Waals surface area contributed by atoms with E-state index in [1.165, 1.54) is 44.1 Å². The molecular weight excluding hydrogens is 466 g/mol. The maximum absolute atomic E-state index is 13.9. The van der Waals surface area contributed by atoms with E-state index >= 15 is 0 Å². The summed E-state index contributed by atoms with van der Waals surface area (Å²) in [6, 6.07) is 15.0. The van der Waals surface area contributed by atoms with Gasteiger partial charge in [-0.15, -0.1) is 0 Å². The molecule has 0 unspecified atom stereocenters. The Labute approximate surface area is 219 Å². The number of carbonyl (C=O) groups excluding carboxylic acids is 1. The van der Waals surface area contributed by atoms with E-state index < -0.39 is 6.55 Å². The average molecular weight is 507 g/mol. The van der Waals surface area contributed by atoms with Crippen molar-refractivity contribution >= 4 is 16.8 Å². The van der Waals surface area contributed by atoms with Crippen molar-refractivity contribution < 1.29 is 13.6 Å². The van der Waals surface area contributed by atoms with E-state index in [0.29, 0.717) is 34.5 Å². The second-order valence-corrected chi connectivity index (χ2v) is 11.5. The Balaban J connectivity index is 1.12. The fourth-order valence-corrected chi connectivity index (χ4v) is 6.74. The van der Waals surface area contributed by atoms with Crippen molar-refractivity contribution in [2.24, 2.45) is 17.8 Å². The zero-order chi connectivity index (χ0) is 25.6. The molecule has 198 valence electrons. The molecule has 37 heavy (non-hydrogen) atoms. The second kappa shape index (κ2) is 12.3. The molecule has 0 saturated heterocycles. The van der Waals surface area contributed by atoms with Gasteiger partial charge in [0.15, 0.2) is 0 Å². The summed E-state index contributed by atoms with van der Waals surface area (Å²) >= 11 is 0. The number of carbonyl (C=O) groups is 1. The molecular formula is C32H40F2N2O. The normalized spacial score (nSPS) is 21.1. The number of benzene rings is 2. The topological polar surface area (TPSA) is 34.9 Å². The Bertz CT molecular complexity index is 1170. The van der Waals surface area contributed by atoms with Crippen LogP contribution in [0.1, 0.15) is 95.6 Å². The van der Waals surface area contributed by atoms with Crippen LogP contribution in [0.3, 0.4) is 0 Å². The van der Waals surface area contributed by atoms with Crippen LogP contribution in [0.4, 0.5) is 8.78 Å². The molecule has 0 amide bonds. The molecule has 3 nitrogen and oxygen atoms in total. The molecule has 1 aromatic heterocycles. The van der Waals surface area contributed by atoms with E-state index in [2.05, 4.69) is 11.1 Å². The van der Waals surface area contributed by atoms with Gasteiger partial charge in [-0.05, 0) is 80.0 Å².